The Morgan fingerprint density at radius 3 is 2.26 bits per heavy atom. The van der Waals surface area contributed by atoms with Crippen molar-refractivity contribution in [3.8, 4) is 16.9 Å². The van der Waals surface area contributed by atoms with E-state index >= 15 is 4.39 Å². The van der Waals surface area contributed by atoms with E-state index in [0.717, 1.165) is 18.5 Å². The van der Waals surface area contributed by atoms with Crippen molar-refractivity contribution in [1.29, 1.82) is 0 Å². The Hall–Kier alpha value is -4.26. The first-order valence-corrected chi connectivity index (χ1v) is 19.0. The van der Waals surface area contributed by atoms with Gasteiger partial charge in [0.25, 0.3) is 5.91 Å². The van der Waals surface area contributed by atoms with Crippen LogP contribution in [-0.2, 0) is 20.8 Å². The molecule has 54 heavy (non-hydrogen) atoms. The van der Waals surface area contributed by atoms with Gasteiger partial charge in [-0.3, -0.25) is 4.79 Å². The third kappa shape index (κ3) is 7.15. The molecule has 0 N–H and O–H groups in total. The summed E-state index contributed by atoms with van der Waals surface area (Å²) in [6.45, 7) is 11.5. The topological polar surface area (TPSA) is 101 Å². The van der Waals surface area contributed by atoms with Crippen LogP contribution in [0, 0.1) is 5.82 Å². The third-order valence-electron chi connectivity index (χ3n) is 10.6. The maximum absolute atomic E-state index is 16.0. The molecule has 288 valence electrons. The van der Waals surface area contributed by atoms with E-state index in [9.17, 15) is 14.4 Å². The Kier molecular flexibility index (Phi) is 10.4. The standard InChI is InChI=1S/C40H45Cl2FN4O7/c1-22-17-46(39(50)54-40(3,4)5)23(2)16-45(22)27-12-31(41)35(32(42)13-27)37(48)44-18-24-8-7-9-28(36(24)53-21-44)29-15-34(30(14-33(29)43)38(49)51-6)47-25-10-11-26(47)20-52-19-25/h7-9,12-15,22-23,25-26H,10-11,16-21H2,1-6H3/t22-,23+,25?,26?/m0/s1. The molecule has 0 aromatic heterocycles. The van der Waals surface area contributed by atoms with Crippen LogP contribution in [0.2, 0.25) is 10.0 Å². The van der Waals surface area contributed by atoms with Gasteiger partial charge in [-0.2, -0.15) is 0 Å². The van der Waals surface area contributed by atoms with E-state index in [1.807, 2.05) is 40.7 Å². The molecule has 4 heterocycles. The van der Waals surface area contributed by atoms with Gasteiger partial charge in [-0.15, -0.1) is 0 Å². The number of hydrogen-bond donors (Lipinski definition) is 0. The van der Waals surface area contributed by atoms with E-state index < -0.39 is 23.3 Å². The van der Waals surface area contributed by atoms with Crippen LogP contribution in [0.4, 0.5) is 20.6 Å². The Bertz CT molecular complexity index is 1950. The molecule has 2 amide bonds. The van der Waals surface area contributed by atoms with Crippen LogP contribution >= 0.6 is 23.2 Å². The summed E-state index contributed by atoms with van der Waals surface area (Å²) in [5.41, 5.74) is 2.49. The molecule has 0 aliphatic carbocycles. The largest absolute Gasteiger partial charge is 0.472 e. The Balaban J connectivity index is 1.12. The number of anilines is 2. The average Bonchev–Trinajstić information content (AvgIpc) is 3.36. The predicted molar refractivity (Wildman–Crippen MR) is 204 cm³/mol. The summed E-state index contributed by atoms with van der Waals surface area (Å²) in [7, 11) is 1.28. The number of fused-ring (bicyclic) bond motifs is 3. The smallest absolute Gasteiger partial charge is 0.410 e. The lowest BCUT2D eigenvalue weighted by molar-refractivity contribution is 0.0130. The lowest BCUT2D eigenvalue weighted by Gasteiger charge is -2.45. The first kappa shape index (κ1) is 38.0. The van der Waals surface area contributed by atoms with Gasteiger partial charge in [0.05, 0.1) is 65.8 Å². The number of morpholine rings is 1. The van der Waals surface area contributed by atoms with Gasteiger partial charge in [0.15, 0.2) is 6.73 Å². The number of hydrogen-bond acceptors (Lipinski definition) is 9. The van der Waals surface area contributed by atoms with Crippen LogP contribution in [0.3, 0.4) is 0 Å². The maximum Gasteiger partial charge on any atom is 0.410 e. The fraction of sp³-hybridized carbons (Fsp3) is 0.475. The molecule has 11 nitrogen and oxygen atoms in total. The zero-order chi connectivity index (χ0) is 38.6. The molecule has 0 spiro atoms. The van der Waals surface area contributed by atoms with Crippen LogP contribution in [-0.4, -0.2) is 97.7 Å². The molecule has 3 saturated heterocycles. The monoisotopic (exact) mass is 782 g/mol. The van der Waals surface area contributed by atoms with Crippen LogP contribution in [0.15, 0.2) is 42.5 Å². The second kappa shape index (κ2) is 14.8. The number of nitrogens with zero attached hydrogens (tertiary/aromatic N) is 4. The number of amides is 2. The van der Waals surface area contributed by atoms with Gasteiger partial charge in [0.1, 0.15) is 17.2 Å². The van der Waals surface area contributed by atoms with Gasteiger partial charge in [0.2, 0.25) is 0 Å². The molecular weight excluding hydrogens is 738 g/mol. The van der Waals surface area contributed by atoms with Crippen LogP contribution in [0.5, 0.6) is 5.75 Å². The first-order valence-electron chi connectivity index (χ1n) is 18.2. The fourth-order valence-electron chi connectivity index (χ4n) is 8.04. The molecule has 0 radical (unpaired) electrons. The van der Waals surface area contributed by atoms with Crippen LogP contribution in [0.1, 0.15) is 73.7 Å². The van der Waals surface area contributed by atoms with Crippen molar-refractivity contribution in [2.75, 3.05) is 49.9 Å². The molecule has 4 aliphatic rings. The van der Waals surface area contributed by atoms with Gasteiger partial charge in [-0.05, 0) is 71.7 Å². The fourth-order valence-corrected chi connectivity index (χ4v) is 8.68. The lowest BCUT2D eigenvalue weighted by atomic mass is 9.96. The molecular formula is C40H45Cl2FN4O7. The summed E-state index contributed by atoms with van der Waals surface area (Å²) in [6, 6.07) is 11.7. The van der Waals surface area contributed by atoms with Crippen LogP contribution in [0.25, 0.3) is 11.1 Å². The number of carbonyl (C=O) groups is 3. The summed E-state index contributed by atoms with van der Waals surface area (Å²) in [5, 5.41) is 0.377. The third-order valence-corrected chi connectivity index (χ3v) is 11.2. The number of para-hydroxylation sites is 1. The molecule has 2 unspecified atom stereocenters. The predicted octanol–water partition coefficient (Wildman–Crippen LogP) is 7.78. The number of piperazine rings is 1. The number of methoxy groups -OCH3 is 1. The molecule has 2 bridgehead atoms. The number of ether oxygens (including phenoxy) is 4. The van der Waals surface area contributed by atoms with Gasteiger partial charge >= 0.3 is 12.1 Å². The molecule has 3 aromatic carbocycles. The summed E-state index contributed by atoms with van der Waals surface area (Å²) in [6.07, 6.45) is 1.46. The molecule has 7 rings (SSSR count). The van der Waals surface area contributed by atoms with E-state index in [2.05, 4.69) is 9.80 Å². The van der Waals surface area contributed by atoms with Gasteiger partial charge in [-0.1, -0.05) is 41.4 Å². The molecule has 0 saturated carbocycles. The van der Waals surface area contributed by atoms with E-state index in [1.54, 1.807) is 35.2 Å². The highest BCUT2D eigenvalue weighted by Crippen LogP contribution is 2.44. The summed E-state index contributed by atoms with van der Waals surface area (Å²) in [5.74, 6) is -1.17. The van der Waals surface area contributed by atoms with Crippen molar-refractivity contribution in [3.05, 3.63) is 75.0 Å². The summed E-state index contributed by atoms with van der Waals surface area (Å²) < 4.78 is 38.6. The van der Waals surface area contributed by atoms with Crippen molar-refractivity contribution in [3.63, 3.8) is 0 Å². The number of benzene rings is 3. The van der Waals surface area contributed by atoms with Gasteiger partial charge in [-0.25, -0.2) is 14.0 Å². The van der Waals surface area contributed by atoms with E-state index in [1.165, 1.54) is 18.1 Å². The summed E-state index contributed by atoms with van der Waals surface area (Å²) >= 11 is 13.6. The van der Waals surface area contributed by atoms with Gasteiger partial charge < -0.3 is 38.5 Å². The molecule has 3 aromatic rings. The molecule has 14 heteroatoms. The normalized spacial score (nSPS) is 22.5. The highest BCUT2D eigenvalue weighted by molar-refractivity contribution is 6.40. The van der Waals surface area contributed by atoms with E-state index in [0.29, 0.717) is 48.9 Å². The summed E-state index contributed by atoms with van der Waals surface area (Å²) in [4.78, 5) is 47.2. The van der Waals surface area contributed by atoms with E-state index in [4.69, 9.17) is 42.1 Å². The minimum Gasteiger partial charge on any atom is -0.472 e. The van der Waals surface area contributed by atoms with Crippen molar-refractivity contribution in [1.82, 2.24) is 9.80 Å². The molecule has 4 atom stereocenters. The Labute approximate surface area is 324 Å². The maximum atomic E-state index is 16.0. The first-order chi connectivity index (χ1) is 25.6. The minimum absolute atomic E-state index is 0.0695. The van der Waals surface area contributed by atoms with Crippen molar-refractivity contribution >= 4 is 52.5 Å². The Morgan fingerprint density at radius 2 is 1.61 bits per heavy atom. The highest BCUT2D eigenvalue weighted by Gasteiger charge is 2.40. The van der Waals surface area contributed by atoms with Crippen molar-refractivity contribution in [2.24, 2.45) is 0 Å². The quantitative estimate of drug-likeness (QED) is 0.240. The van der Waals surface area contributed by atoms with Crippen molar-refractivity contribution in [2.45, 2.75) is 83.8 Å². The van der Waals surface area contributed by atoms with E-state index in [-0.39, 0.29) is 70.3 Å². The second-order valence-electron chi connectivity index (χ2n) is 15.5. The SMILES string of the molecule is COC(=O)c1cc(F)c(-c2cccc3c2OCN(C(=O)c2c(Cl)cc(N4C[C@@H](C)N(C(=O)OC(C)(C)C)C[C@@H]4C)cc2Cl)C3)cc1N1C2CCC1COC2. The lowest BCUT2D eigenvalue weighted by Crippen LogP contribution is -2.59. The number of rotatable bonds is 5. The number of esters is 1. The van der Waals surface area contributed by atoms with Crippen LogP contribution < -0.4 is 14.5 Å². The zero-order valence-corrected chi connectivity index (χ0v) is 32.8. The molecule has 4 aliphatic heterocycles. The average molecular weight is 784 g/mol. The van der Waals surface area contributed by atoms with Gasteiger partial charge in [0, 0.05) is 47.6 Å². The number of halogens is 3. The second-order valence-corrected chi connectivity index (χ2v) is 16.3. The Morgan fingerprint density at radius 1 is 0.926 bits per heavy atom. The molecule has 3 fully saturated rings. The van der Waals surface area contributed by atoms with Crippen molar-refractivity contribution < 1.29 is 37.7 Å². The number of carbonyl (C=O) groups excluding carboxylic acids is 3. The zero-order valence-electron chi connectivity index (χ0n) is 31.3. The minimum atomic E-state index is -0.614. The highest BCUT2D eigenvalue weighted by atomic mass is 35.5.